The Bertz CT molecular complexity index is 1610. The van der Waals surface area contributed by atoms with E-state index in [1.54, 1.807) is 14.1 Å². The van der Waals surface area contributed by atoms with Crippen LogP contribution in [0.1, 0.15) is 43.2 Å². The van der Waals surface area contributed by atoms with E-state index in [2.05, 4.69) is 5.32 Å². The van der Waals surface area contributed by atoms with Crippen molar-refractivity contribution < 1.29 is 42.2 Å². The Balaban J connectivity index is 0.00000226. The van der Waals surface area contributed by atoms with E-state index < -0.39 is 58.0 Å². The number of ketones is 2. The number of aryl methyl sites for hydroxylation is 2. The molecule has 7 N–H and O–H groups in total. The molecule has 1 heterocycles. The molecular weight excluding hydrogens is 556 g/mol. The van der Waals surface area contributed by atoms with Crippen LogP contribution in [0.5, 0.6) is 5.75 Å². The fourth-order valence-electron chi connectivity index (χ4n) is 6.94. The third-order valence-corrected chi connectivity index (χ3v) is 9.09. The van der Waals surface area contributed by atoms with E-state index in [9.17, 15) is 34.8 Å². The Kier molecular flexibility index (Phi) is 7.10. The average molecular weight is 599 g/mol. The number of hydrogen-bond donors (Lipinski definition) is 6. The van der Waals surface area contributed by atoms with E-state index in [0.29, 0.717) is 17.7 Å². The highest BCUT2D eigenvalue weighted by Gasteiger charge is 2.64. The molecule has 3 aliphatic carbocycles. The van der Waals surface area contributed by atoms with Gasteiger partial charge in [0, 0.05) is 46.4 Å². The summed E-state index contributed by atoms with van der Waals surface area (Å²) in [4.78, 5) is 42.9. The van der Waals surface area contributed by atoms with Crippen LogP contribution in [0.15, 0.2) is 33.5 Å². The van der Waals surface area contributed by atoms with Gasteiger partial charge in [0.05, 0.1) is 18.2 Å². The quantitative estimate of drug-likeness (QED) is 0.255. The summed E-state index contributed by atoms with van der Waals surface area (Å²) in [7, 11) is 6.80. The molecule has 1 aromatic heterocycles. The van der Waals surface area contributed by atoms with Gasteiger partial charge in [-0.05, 0) is 70.0 Å². The molecular formula is C31H40N4O8. The summed E-state index contributed by atoms with van der Waals surface area (Å²) in [5, 5.41) is 49.1. The Morgan fingerprint density at radius 1 is 1.16 bits per heavy atom. The maximum atomic E-state index is 14.1. The number of hydrogen-bond acceptors (Lipinski definition) is 11. The molecule has 12 heteroatoms. The number of amides is 1. The number of nitrogens with zero attached hydrogens (tertiary/aromatic N) is 2. The zero-order chi connectivity index (χ0) is 33.7. The molecule has 3 aliphatic rings. The van der Waals surface area contributed by atoms with Gasteiger partial charge in [0.2, 0.25) is 5.78 Å². The van der Waals surface area contributed by atoms with Crippen LogP contribution in [0.3, 0.4) is 0 Å². The number of aromatic hydroxyl groups is 1. The first-order valence-electron chi connectivity index (χ1n) is 15.1. The Labute approximate surface area is 252 Å². The van der Waals surface area contributed by atoms with Crippen molar-refractivity contribution in [3.05, 3.63) is 62.8 Å². The number of phenols is 1. The van der Waals surface area contributed by atoms with Crippen LogP contribution < -0.4 is 16.0 Å². The highest BCUT2D eigenvalue weighted by atomic mass is 16.4. The molecule has 43 heavy (non-hydrogen) atoms. The van der Waals surface area contributed by atoms with Crippen molar-refractivity contribution >= 4 is 28.9 Å². The molecule has 2 aromatic rings. The van der Waals surface area contributed by atoms with Gasteiger partial charge in [-0.3, -0.25) is 19.3 Å². The van der Waals surface area contributed by atoms with E-state index in [4.69, 9.17) is 13.1 Å². The molecule has 0 spiro atoms. The number of fused-ring (bicyclic) bond motifs is 3. The van der Waals surface area contributed by atoms with Crippen molar-refractivity contribution in [2.45, 2.75) is 51.4 Å². The van der Waals surface area contributed by atoms with Gasteiger partial charge in [0.15, 0.2) is 11.4 Å². The first kappa shape index (κ1) is 29.0. The topological polar surface area (TPSA) is 190 Å². The fourth-order valence-corrected chi connectivity index (χ4v) is 6.94. The zero-order valence-electron chi connectivity index (χ0n) is 27.1. The molecule has 0 saturated heterocycles. The van der Waals surface area contributed by atoms with Crippen LogP contribution in [0.25, 0.3) is 5.76 Å². The largest absolute Gasteiger partial charge is 0.508 e. The second kappa shape index (κ2) is 10.5. The smallest absolute Gasteiger partial charge is 0.255 e. The minimum absolute atomic E-state index is 0.0324. The minimum Gasteiger partial charge on any atom is -0.508 e. The lowest BCUT2D eigenvalue weighted by molar-refractivity contribution is -0.153. The molecule has 1 fully saturated rings. The van der Waals surface area contributed by atoms with E-state index in [1.165, 1.54) is 4.90 Å². The Morgan fingerprint density at radius 2 is 1.84 bits per heavy atom. The highest BCUT2D eigenvalue weighted by Crippen LogP contribution is 2.54. The number of anilines is 1. The summed E-state index contributed by atoms with van der Waals surface area (Å²) in [6.07, 6.45) is 0.249. The number of Topliss-reactive ketones (excluding diaryl/α,β-unsaturated/α-hetero) is 2. The maximum absolute atomic E-state index is 14.1. The zero-order valence-corrected chi connectivity index (χ0v) is 25.1. The number of nitrogens with two attached hydrogens (primary N) is 1. The average Bonchev–Trinajstić information content (AvgIpc) is 3.28. The Morgan fingerprint density at radius 3 is 2.40 bits per heavy atom. The van der Waals surface area contributed by atoms with Crippen molar-refractivity contribution in [2.75, 3.05) is 33.1 Å². The summed E-state index contributed by atoms with van der Waals surface area (Å²) in [6, 6.07) is 2.62. The van der Waals surface area contributed by atoms with E-state index in [-0.39, 0.29) is 36.3 Å². The molecule has 232 valence electrons. The molecule has 0 unspecified atom stereocenters. The van der Waals surface area contributed by atoms with E-state index in [1.807, 2.05) is 45.0 Å². The number of phenolic OH excluding ortho intramolecular Hbond substituents is 1. The van der Waals surface area contributed by atoms with Gasteiger partial charge in [0.1, 0.15) is 34.4 Å². The fraction of sp³-hybridized carbons (Fsp3) is 0.452. The van der Waals surface area contributed by atoms with Crippen molar-refractivity contribution in [2.24, 2.45) is 17.6 Å². The predicted octanol–water partition coefficient (Wildman–Crippen LogP) is 1.78. The third kappa shape index (κ3) is 4.52. The summed E-state index contributed by atoms with van der Waals surface area (Å²) in [5.74, 6) is -5.16. The summed E-state index contributed by atoms with van der Waals surface area (Å²) >= 11 is 0. The van der Waals surface area contributed by atoms with Crippen LogP contribution in [-0.2, 0) is 33.9 Å². The van der Waals surface area contributed by atoms with E-state index in [0.717, 1.165) is 22.8 Å². The number of furan rings is 1. The summed E-state index contributed by atoms with van der Waals surface area (Å²) < 4.78 is 15.7. The number of aliphatic hydroxyl groups excluding tert-OH is 2. The number of aliphatic hydroxyl groups is 3. The number of likely N-dealkylation sites (N-methyl/N-ethyl adjacent to an activating group) is 1. The lowest BCUT2D eigenvalue weighted by Gasteiger charge is -2.50. The number of primary amides is 1. The van der Waals surface area contributed by atoms with Gasteiger partial charge in [-0.1, -0.05) is 0 Å². The number of benzene rings is 1. The number of nitrogens with one attached hydrogen (secondary N) is 1. The van der Waals surface area contributed by atoms with Gasteiger partial charge in [-0.25, -0.2) is 0 Å². The SMILES string of the molecule is Cc1cc(CNCc2cc(N(C)C)c3c(c2O)C(O)=C2C(=O)[C@]4(O)C(O)=C(C(N)=O)C(=O)[C@@H](N(C)C)[C@@H]4C[C@@H]2C3)oc1C.[2H][2H]. The van der Waals surface area contributed by atoms with Gasteiger partial charge >= 0.3 is 0 Å². The summed E-state index contributed by atoms with van der Waals surface area (Å²) in [6.45, 7) is 4.43. The molecule has 12 nitrogen and oxygen atoms in total. The number of carbonyl (C=O) groups is 3. The molecule has 0 radical (unpaired) electrons. The molecule has 0 aliphatic heterocycles. The first-order chi connectivity index (χ1) is 21.1. The van der Waals surface area contributed by atoms with Crippen molar-refractivity contribution in [3.8, 4) is 5.75 Å². The van der Waals surface area contributed by atoms with Crippen LogP contribution in [-0.4, -0.2) is 82.6 Å². The highest BCUT2D eigenvalue weighted by molar-refractivity contribution is 6.24. The summed E-state index contributed by atoms with van der Waals surface area (Å²) in [5.41, 5.74) is 4.57. The predicted molar refractivity (Wildman–Crippen MR) is 159 cm³/mol. The van der Waals surface area contributed by atoms with Crippen molar-refractivity contribution in [3.63, 3.8) is 0 Å². The lowest BCUT2D eigenvalue weighted by Crippen LogP contribution is -2.65. The van der Waals surface area contributed by atoms with Gasteiger partial charge in [-0.15, -0.1) is 0 Å². The molecule has 0 bridgehead atoms. The third-order valence-electron chi connectivity index (χ3n) is 9.09. The number of rotatable bonds is 7. The van der Waals surface area contributed by atoms with Crippen LogP contribution >= 0.6 is 0 Å². The second-order valence-electron chi connectivity index (χ2n) is 12.2. The van der Waals surface area contributed by atoms with Crippen LogP contribution in [0, 0.1) is 25.7 Å². The molecule has 1 aromatic carbocycles. The second-order valence-corrected chi connectivity index (χ2v) is 12.2. The van der Waals surface area contributed by atoms with Crippen LogP contribution in [0.2, 0.25) is 0 Å². The molecule has 1 amide bonds. The van der Waals surface area contributed by atoms with E-state index >= 15 is 0 Å². The van der Waals surface area contributed by atoms with Crippen LogP contribution in [0.4, 0.5) is 5.69 Å². The molecule has 4 atom stereocenters. The van der Waals surface area contributed by atoms with Gasteiger partial charge in [0.25, 0.3) is 5.91 Å². The normalized spacial score (nSPS) is 25.3. The van der Waals surface area contributed by atoms with Gasteiger partial charge < -0.3 is 40.8 Å². The Hall–Kier alpha value is -4.13. The van der Waals surface area contributed by atoms with Crippen molar-refractivity contribution in [1.82, 2.24) is 10.2 Å². The molecule has 5 rings (SSSR count). The maximum Gasteiger partial charge on any atom is 0.255 e. The monoisotopic (exact) mass is 598 g/mol. The minimum atomic E-state index is -2.68. The molecule has 1 saturated carbocycles. The first-order valence-corrected chi connectivity index (χ1v) is 14.1. The number of carbonyl (C=O) groups excluding carboxylic acids is 3. The van der Waals surface area contributed by atoms with Crippen molar-refractivity contribution in [1.29, 1.82) is 0 Å². The lowest BCUT2D eigenvalue weighted by atomic mass is 9.57. The van der Waals surface area contributed by atoms with Gasteiger partial charge in [-0.2, -0.15) is 0 Å². The standard InChI is InChI=1S/C31H38N4O8.H2/c1-13-7-17(43-14(13)2)12-33-11-16-10-20(34(3)4)18-8-15-9-19-24(35(5)6)27(38)23(30(32)41)29(40)31(19,42)28(39)21(15)26(37)22(18)25(16)36;/h7,10,15,19,24,33,36-37,40,42H,8-9,11-12H2,1-6H3,(H2,32,41);1H/t15-,19-,24-,31-;/m0./s1/i;1+1D.